The van der Waals surface area contributed by atoms with Crippen LogP contribution < -0.4 is 11.5 Å². The molecule has 7 heteroatoms. The number of nitrogen functional groups attached to an aromatic ring is 2. The summed E-state index contributed by atoms with van der Waals surface area (Å²) < 4.78 is 1.99. The van der Waals surface area contributed by atoms with Crippen LogP contribution in [0.3, 0.4) is 0 Å². The van der Waals surface area contributed by atoms with E-state index in [0.717, 1.165) is 35.1 Å². The fourth-order valence-corrected chi connectivity index (χ4v) is 3.71. The first-order chi connectivity index (χ1) is 12.7. The first-order valence-corrected chi connectivity index (χ1v) is 8.48. The first-order valence-electron chi connectivity index (χ1n) is 8.48. The van der Waals surface area contributed by atoms with E-state index in [1.807, 2.05) is 10.7 Å². The van der Waals surface area contributed by atoms with Gasteiger partial charge in [-0.25, -0.2) is 19.6 Å². The Bertz CT molecular complexity index is 1090. The molecule has 4 aromatic rings. The van der Waals surface area contributed by atoms with Gasteiger partial charge in [-0.2, -0.15) is 5.10 Å². The normalized spacial score (nSPS) is 14.0. The van der Waals surface area contributed by atoms with Crippen molar-refractivity contribution in [1.82, 2.24) is 24.7 Å². The second-order valence-electron chi connectivity index (χ2n) is 6.55. The molecule has 1 aliphatic rings. The smallest absolute Gasteiger partial charge is 0.164 e. The number of aromatic nitrogens is 5. The van der Waals surface area contributed by atoms with Crippen molar-refractivity contribution in [2.75, 3.05) is 11.5 Å². The summed E-state index contributed by atoms with van der Waals surface area (Å²) in [7, 11) is 0. The molecule has 5 rings (SSSR count). The number of hydrogen-bond acceptors (Lipinski definition) is 6. The number of hydrogen-bond donors (Lipinski definition) is 2. The van der Waals surface area contributed by atoms with Crippen LogP contribution in [0.15, 0.2) is 48.9 Å². The van der Waals surface area contributed by atoms with Gasteiger partial charge >= 0.3 is 0 Å². The molecule has 1 aliphatic carbocycles. The molecule has 0 saturated carbocycles. The van der Waals surface area contributed by atoms with Gasteiger partial charge in [0.25, 0.3) is 0 Å². The zero-order valence-corrected chi connectivity index (χ0v) is 14.0. The zero-order valence-electron chi connectivity index (χ0n) is 14.0. The summed E-state index contributed by atoms with van der Waals surface area (Å²) in [4.78, 5) is 12.8. The van der Waals surface area contributed by atoms with Gasteiger partial charge in [0.2, 0.25) is 0 Å². The summed E-state index contributed by atoms with van der Waals surface area (Å²) in [6, 6.07) is 12.4. The van der Waals surface area contributed by atoms with Crippen molar-refractivity contribution >= 4 is 22.7 Å². The number of anilines is 2. The van der Waals surface area contributed by atoms with E-state index in [9.17, 15) is 0 Å². The highest BCUT2D eigenvalue weighted by atomic mass is 15.3. The predicted molar refractivity (Wildman–Crippen MR) is 100 cm³/mol. The molecule has 7 nitrogen and oxygen atoms in total. The molecular formula is C19H17N7. The van der Waals surface area contributed by atoms with Gasteiger partial charge in [0.05, 0.1) is 11.4 Å². The van der Waals surface area contributed by atoms with Crippen LogP contribution in [0.25, 0.3) is 22.3 Å². The SMILES string of the molecule is Nc1ccc(-c2nn(C3Cc4ccccc4C3)c3ncnc(N)c23)cn1. The third-order valence-electron chi connectivity index (χ3n) is 4.95. The molecular weight excluding hydrogens is 326 g/mol. The van der Waals surface area contributed by atoms with Crippen molar-refractivity contribution in [2.45, 2.75) is 18.9 Å². The minimum atomic E-state index is 0.208. The molecule has 3 heterocycles. The Morgan fingerprint density at radius 1 is 0.923 bits per heavy atom. The molecule has 0 radical (unpaired) electrons. The molecule has 0 saturated heterocycles. The van der Waals surface area contributed by atoms with E-state index in [4.69, 9.17) is 16.6 Å². The first kappa shape index (κ1) is 14.8. The van der Waals surface area contributed by atoms with Gasteiger partial charge in [0.1, 0.15) is 23.7 Å². The molecule has 128 valence electrons. The molecule has 0 bridgehead atoms. The highest BCUT2D eigenvalue weighted by Crippen LogP contribution is 2.36. The Balaban J connectivity index is 1.68. The number of nitrogens with zero attached hydrogens (tertiary/aromatic N) is 5. The van der Waals surface area contributed by atoms with Crippen molar-refractivity contribution < 1.29 is 0 Å². The summed E-state index contributed by atoms with van der Waals surface area (Å²) in [6.07, 6.45) is 5.05. The van der Waals surface area contributed by atoms with Crippen molar-refractivity contribution in [2.24, 2.45) is 0 Å². The number of fused-ring (bicyclic) bond motifs is 2. The average Bonchev–Trinajstić information content (AvgIpc) is 3.24. The van der Waals surface area contributed by atoms with E-state index in [2.05, 4.69) is 39.2 Å². The van der Waals surface area contributed by atoms with E-state index in [-0.39, 0.29) is 6.04 Å². The molecule has 0 atom stereocenters. The zero-order chi connectivity index (χ0) is 17.7. The molecule has 1 aromatic carbocycles. The predicted octanol–water partition coefficient (Wildman–Crippen LogP) is 2.39. The van der Waals surface area contributed by atoms with Crippen LogP contribution in [0.2, 0.25) is 0 Å². The fraction of sp³-hybridized carbons (Fsp3) is 0.158. The molecule has 0 aliphatic heterocycles. The molecule has 0 fully saturated rings. The quantitative estimate of drug-likeness (QED) is 0.578. The number of benzene rings is 1. The Morgan fingerprint density at radius 3 is 2.38 bits per heavy atom. The summed E-state index contributed by atoms with van der Waals surface area (Å²) in [5, 5.41) is 5.63. The van der Waals surface area contributed by atoms with E-state index in [1.54, 1.807) is 12.3 Å². The van der Waals surface area contributed by atoms with Gasteiger partial charge in [-0.1, -0.05) is 24.3 Å². The lowest BCUT2D eigenvalue weighted by Crippen LogP contribution is -2.11. The van der Waals surface area contributed by atoms with Crippen LogP contribution in [0.1, 0.15) is 17.2 Å². The van der Waals surface area contributed by atoms with Gasteiger partial charge in [-0.3, -0.25) is 0 Å². The highest BCUT2D eigenvalue weighted by Gasteiger charge is 2.27. The molecule has 0 spiro atoms. The Labute approximate surface area is 149 Å². The minimum Gasteiger partial charge on any atom is -0.384 e. The minimum absolute atomic E-state index is 0.208. The maximum atomic E-state index is 6.17. The third-order valence-corrected chi connectivity index (χ3v) is 4.95. The van der Waals surface area contributed by atoms with Crippen LogP contribution in [-0.2, 0) is 12.8 Å². The Morgan fingerprint density at radius 2 is 1.69 bits per heavy atom. The van der Waals surface area contributed by atoms with Gasteiger partial charge in [-0.05, 0) is 36.1 Å². The molecule has 0 unspecified atom stereocenters. The molecule has 0 amide bonds. The summed E-state index contributed by atoms with van der Waals surface area (Å²) in [6.45, 7) is 0. The van der Waals surface area contributed by atoms with Crippen LogP contribution in [0, 0.1) is 0 Å². The van der Waals surface area contributed by atoms with E-state index in [0.29, 0.717) is 11.6 Å². The largest absolute Gasteiger partial charge is 0.384 e. The van der Waals surface area contributed by atoms with Gasteiger partial charge in [0, 0.05) is 11.8 Å². The monoisotopic (exact) mass is 343 g/mol. The number of nitrogens with two attached hydrogens (primary N) is 2. The third kappa shape index (κ3) is 2.21. The lowest BCUT2D eigenvalue weighted by Gasteiger charge is -2.10. The van der Waals surface area contributed by atoms with Crippen LogP contribution in [0.5, 0.6) is 0 Å². The van der Waals surface area contributed by atoms with Crippen molar-refractivity contribution in [3.63, 3.8) is 0 Å². The van der Waals surface area contributed by atoms with E-state index >= 15 is 0 Å². The van der Waals surface area contributed by atoms with Gasteiger partial charge < -0.3 is 11.5 Å². The van der Waals surface area contributed by atoms with Crippen LogP contribution in [-0.4, -0.2) is 24.7 Å². The van der Waals surface area contributed by atoms with Crippen molar-refractivity contribution in [3.05, 3.63) is 60.0 Å². The lowest BCUT2D eigenvalue weighted by molar-refractivity contribution is 0.488. The second-order valence-corrected chi connectivity index (χ2v) is 6.55. The topological polar surface area (TPSA) is 109 Å². The molecule has 26 heavy (non-hydrogen) atoms. The number of pyridine rings is 1. The van der Waals surface area contributed by atoms with Gasteiger partial charge in [0.15, 0.2) is 5.65 Å². The van der Waals surface area contributed by atoms with Gasteiger partial charge in [-0.15, -0.1) is 0 Å². The standard InChI is InChI=1S/C19H17N7/c20-15-6-5-13(9-22-15)17-16-18(21)23-10-24-19(16)26(25-17)14-7-11-3-1-2-4-12(11)8-14/h1-6,9-10,14H,7-8H2,(H2,20,22)(H2,21,23,24). The number of rotatable bonds is 2. The Hall–Kier alpha value is -3.48. The maximum Gasteiger partial charge on any atom is 0.164 e. The summed E-state index contributed by atoms with van der Waals surface area (Å²) in [5.74, 6) is 0.886. The summed E-state index contributed by atoms with van der Waals surface area (Å²) in [5.41, 5.74) is 16.9. The van der Waals surface area contributed by atoms with E-state index in [1.165, 1.54) is 17.5 Å². The van der Waals surface area contributed by atoms with Crippen molar-refractivity contribution in [1.29, 1.82) is 0 Å². The lowest BCUT2D eigenvalue weighted by atomic mass is 10.1. The van der Waals surface area contributed by atoms with E-state index < -0.39 is 0 Å². The molecule has 3 aromatic heterocycles. The maximum absolute atomic E-state index is 6.17. The highest BCUT2D eigenvalue weighted by molar-refractivity contribution is 5.98. The van der Waals surface area contributed by atoms with Crippen molar-refractivity contribution in [3.8, 4) is 11.3 Å². The fourth-order valence-electron chi connectivity index (χ4n) is 3.71. The summed E-state index contributed by atoms with van der Waals surface area (Å²) >= 11 is 0. The van der Waals surface area contributed by atoms with Crippen LogP contribution >= 0.6 is 0 Å². The van der Waals surface area contributed by atoms with Crippen LogP contribution in [0.4, 0.5) is 11.6 Å². The second kappa shape index (κ2) is 5.52. The Kier molecular flexibility index (Phi) is 3.15. The molecule has 4 N–H and O–H groups in total. The average molecular weight is 343 g/mol.